The fourth-order valence-corrected chi connectivity index (χ4v) is 3.35. The molecule has 4 rings (SSSR count). The van der Waals surface area contributed by atoms with Crippen LogP contribution in [-0.4, -0.2) is 27.6 Å². The van der Waals surface area contributed by atoms with Crippen LogP contribution < -0.4 is 9.47 Å². The molecule has 0 saturated heterocycles. The van der Waals surface area contributed by atoms with Crippen LogP contribution in [0.5, 0.6) is 11.5 Å². The molecule has 0 aliphatic heterocycles. The number of ether oxygens (including phenoxy) is 2. The highest BCUT2D eigenvalue weighted by atomic mass is 16.6. The Labute approximate surface area is 214 Å². The molecule has 0 aliphatic carbocycles. The predicted molar refractivity (Wildman–Crippen MR) is 132 cm³/mol. The lowest BCUT2D eigenvalue weighted by Crippen LogP contribution is -2.13. The number of nitro groups is 2. The first-order valence-corrected chi connectivity index (χ1v) is 10.9. The first-order chi connectivity index (χ1) is 18.2. The third-order valence-electron chi connectivity index (χ3n) is 5.27. The molecular weight excluding hydrogens is 496 g/mol. The summed E-state index contributed by atoms with van der Waals surface area (Å²) in [6.45, 7) is 0. The Bertz CT molecular complexity index is 1550. The number of nitrogens with zero attached hydrogens (tertiary/aromatic N) is 2. The van der Waals surface area contributed by atoms with E-state index < -0.39 is 27.6 Å². The molecule has 11 nitrogen and oxygen atoms in total. The van der Waals surface area contributed by atoms with Gasteiger partial charge >= 0.3 is 11.9 Å². The number of non-ortho nitro benzene ring substituents is 2. The molecule has 11 heteroatoms. The number of hydrogen-bond donors (Lipinski definition) is 0. The third-order valence-corrected chi connectivity index (χ3v) is 5.27. The molecule has 0 bridgehead atoms. The standard InChI is InChI=1S/C27H16N2O9/c30-25(17-4-2-1-3-5-17)23-15-14-22(37-26(31)18-6-10-20(11-7-18)28(33)34)16-24(23)38-27(32)19-8-12-21(13-9-19)29(35)36/h1-16H. The molecule has 4 aromatic rings. The second-order valence-corrected chi connectivity index (χ2v) is 7.74. The Hall–Kier alpha value is -5.71. The van der Waals surface area contributed by atoms with Crippen LogP contribution in [0.1, 0.15) is 36.6 Å². The van der Waals surface area contributed by atoms with Gasteiger partial charge in [0.25, 0.3) is 11.4 Å². The number of carbonyl (C=O) groups is 3. The highest BCUT2D eigenvalue weighted by molar-refractivity contribution is 6.11. The second-order valence-electron chi connectivity index (χ2n) is 7.74. The molecule has 0 heterocycles. The van der Waals surface area contributed by atoms with Crippen molar-refractivity contribution in [3.8, 4) is 11.5 Å². The lowest BCUT2D eigenvalue weighted by Gasteiger charge is -2.12. The molecule has 38 heavy (non-hydrogen) atoms. The van der Waals surface area contributed by atoms with Crippen LogP contribution in [0, 0.1) is 20.2 Å². The van der Waals surface area contributed by atoms with E-state index in [1.807, 2.05) is 0 Å². The summed E-state index contributed by atoms with van der Waals surface area (Å²) in [6, 6.07) is 21.5. The van der Waals surface area contributed by atoms with Crippen molar-refractivity contribution in [3.05, 3.63) is 140 Å². The largest absolute Gasteiger partial charge is 0.423 e. The van der Waals surface area contributed by atoms with Crippen LogP contribution in [-0.2, 0) is 0 Å². The van der Waals surface area contributed by atoms with E-state index in [1.165, 1.54) is 42.5 Å². The molecule has 0 saturated carbocycles. The van der Waals surface area contributed by atoms with Gasteiger partial charge in [-0.3, -0.25) is 25.0 Å². The predicted octanol–water partition coefficient (Wildman–Crippen LogP) is 5.17. The van der Waals surface area contributed by atoms with Gasteiger partial charge in [0, 0.05) is 35.9 Å². The Morgan fingerprint density at radius 2 is 1.08 bits per heavy atom. The van der Waals surface area contributed by atoms with E-state index in [4.69, 9.17) is 9.47 Å². The van der Waals surface area contributed by atoms with Crippen molar-refractivity contribution in [2.24, 2.45) is 0 Å². The Morgan fingerprint density at radius 1 is 0.579 bits per heavy atom. The third kappa shape index (κ3) is 5.74. The summed E-state index contributed by atoms with van der Waals surface area (Å²) >= 11 is 0. The zero-order valence-electron chi connectivity index (χ0n) is 19.3. The summed E-state index contributed by atoms with van der Waals surface area (Å²) < 4.78 is 10.8. The average Bonchev–Trinajstić information content (AvgIpc) is 2.93. The highest BCUT2D eigenvalue weighted by Gasteiger charge is 2.21. The van der Waals surface area contributed by atoms with Crippen LogP contribution in [0.4, 0.5) is 11.4 Å². The molecule has 188 valence electrons. The first kappa shape index (κ1) is 25.4. The van der Waals surface area contributed by atoms with Gasteiger partial charge in [0.2, 0.25) is 0 Å². The fourth-order valence-electron chi connectivity index (χ4n) is 3.35. The number of ketones is 1. The van der Waals surface area contributed by atoms with Crippen LogP contribution in [0.3, 0.4) is 0 Å². The summed E-state index contributed by atoms with van der Waals surface area (Å²) in [5.41, 5.74) is -0.0868. The number of hydrogen-bond acceptors (Lipinski definition) is 9. The van der Waals surface area contributed by atoms with Gasteiger partial charge in [0.05, 0.1) is 26.5 Å². The molecular formula is C27H16N2O9. The molecule has 0 radical (unpaired) electrons. The molecule has 0 fully saturated rings. The summed E-state index contributed by atoms with van der Waals surface area (Å²) in [7, 11) is 0. The monoisotopic (exact) mass is 512 g/mol. The van der Waals surface area contributed by atoms with Gasteiger partial charge in [0.1, 0.15) is 11.5 Å². The van der Waals surface area contributed by atoms with Crippen molar-refractivity contribution < 1.29 is 33.7 Å². The normalized spacial score (nSPS) is 10.3. The van der Waals surface area contributed by atoms with Crippen LogP contribution in [0.2, 0.25) is 0 Å². The van der Waals surface area contributed by atoms with Crippen molar-refractivity contribution >= 4 is 29.1 Å². The molecule has 0 spiro atoms. The molecule has 0 unspecified atom stereocenters. The molecule has 0 atom stereocenters. The Balaban J connectivity index is 1.64. The fraction of sp³-hybridized carbons (Fsp3) is 0. The van der Waals surface area contributed by atoms with E-state index in [0.29, 0.717) is 5.56 Å². The SMILES string of the molecule is O=C(Oc1ccc(C(=O)c2ccccc2)c(OC(=O)c2ccc([N+](=O)[O-])cc2)c1)c1ccc([N+](=O)[O-])cc1. The van der Waals surface area contributed by atoms with Crippen LogP contribution in [0.15, 0.2) is 97.1 Å². The quantitative estimate of drug-likeness (QED) is 0.102. The molecule has 4 aromatic carbocycles. The molecule has 0 aromatic heterocycles. The molecule has 0 amide bonds. The van der Waals surface area contributed by atoms with Crippen molar-refractivity contribution in [2.45, 2.75) is 0 Å². The van der Waals surface area contributed by atoms with Gasteiger partial charge in [-0.05, 0) is 36.4 Å². The highest BCUT2D eigenvalue weighted by Crippen LogP contribution is 2.29. The van der Waals surface area contributed by atoms with Gasteiger partial charge in [0.15, 0.2) is 5.78 Å². The number of rotatable bonds is 8. The van der Waals surface area contributed by atoms with E-state index in [-0.39, 0.29) is 39.6 Å². The number of esters is 2. The van der Waals surface area contributed by atoms with Crippen molar-refractivity contribution in [3.63, 3.8) is 0 Å². The number of carbonyl (C=O) groups excluding carboxylic acids is 3. The summed E-state index contributed by atoms with van der Waals surface area (Å²) in [6.07, 6.45) is 0. The minimum Gasteiger partial charge on any atom is -0.423 e. The van der Waals surface area contributed by atoms with Crippen molar-refractivity contribution in [1.82, 2.24) is 0 Å². The summed E-state index contributed by atoms with van der Waals surface area (Å²) in [5.74, 6) is -2.48. The average molecular weight is 512 g/mol. The lowest BCUT2D eigenvalue weighted by molar-refractivity contribution is -0.385. The van der Waals surface area contributed by atoms with E-state index in [0.717, 1.165) is 24.3 Å². The number of nitro benzene ring substituents is 2. The van der Waals surface area contributed by atoms with Gasteiger partial charge in [-0.1, -0.05) is 30.3 Å². The zero-order valence-corrected chi connectivity index (χ0v) is 19.3. The van der Waals surface area contributed by atoms with Gasteiger partial charge < -0.3 is 9.47 Å². The van der Waals surface area contributed by atoms with Crippen molar-refractivity contribution in [1.29, 1.82) is 0 Å². The zero-order chi connectivity index (χ0) is 27.2. The Kier molecular flexibility index (Phi) is 7.29. The van der Waals surface area contributed by atoms with E-state index in [1.54, 1.807) is 30.3 Å². The maximum absolute atomic E-state index is 13.1. The second kappa shape index (κ2) is 10.9. The smallest absolute Gasteiger partial charge is 0.343 e. The lowest BCUT2D eigenvalue weighted by atomic mass is 10.0. The van der Waals surface area contributed by atoms with E-state index in [2.05, 4.69) is 0 Å². The van der Waals surface area contributed by atoms with Gasteiger partial charge in [-0.25, -0.2) is 9.59 Å². The minimum absolute atomic E-state index is 0.00148. The summed E-state index contributed by atoms with van der Waals surface area (Å²) in [4.78, 5) is 58.9. The van der Waals surface area contributed by atoms with Crippen molar-refractivity contribution in [2.75, 3.05) is 0 Å². The molecule has 0 aliphatic rings. The number of benzene rings is 4. The topological polar surface area (TPSA) is 156 Å². The van der Waals surface area contributed by atoms with Gasteiger partial charge in [-0.15, -0.1) is 0 Å². The van der Waals surface area contributed by atoms with Gasteiger partial charge in [-0.2, -0.15) is 0 Å². The summed E-state index contributed by atoms with van der Waals surface area (Å²) in [5, 5.41) is 21.7. The minimum atomic E-state index is -0.902. The van der Waals surface area contributed by atoms with E-state index >= 15 is 0 Å². The van der Waals surface area contributed by atoms with E-state index in [9.17, 15) is 34.6 Å². The maximum Gasteiger partial charge on any atom is 0.343 e. The maximum atomic E-state index is 13.1. The first-order valence-electron chi connectivity index (χ1n) is 10.9. The van der Waals surface area contributed by atoms with Crippen LogP contribution >= 0.6 is 0 Å². The molecule has 0 N–H and O–H groups in total. The Morgan fingerprint density at radius 3 is 1.58 bits per heavy atom. The van der Waals surface area contributed by atoms with Crippen LogP contribution in [0.25, 0.3) is 0 Å².